The summed E-state index contributed by atoms with van der Waals surface area (Å²) in [6, 6.07) is 19.8. The highest BCUT2D eigenvalue weighted by atomic mass is 32.2. The van der Waals surface area contributed by atoms with Gasteiger partial charge in [-0.2, -0.15) is 5.10 Å². The predicted octanol–water partition coefficient (Wildman–Crippen LogP) is 4.11. The van der Waals surface area contributed by atoms with Gasteiger partial charge in [0.1, 0.15) is 30.0 Å². The normalized spacial score (nSPS) is 13.0. The van der Waals surface area contributed by atoms with Crippen molar-refractivity contribution in [1.82, 2.24) is 15.5 Å². The van der Waals surface area contributed by atoms with E-state index in [0.29, 0.717) is 23.8 Å². The van der Waals surface area contributed by atoms with Crippen LogP contribution in [0.1, 0.15) is 19.4 Å². The van der Waals surface area contributed by atoms with Crippen molar-refractivity contribution in [1.29, 1.82) is 0 Å². The van der Waals surface area contributed by atoms with Crippen LogP contribution in [0.5, 0.6) is 17.2 Å². The number of β-amino-alcohol motifs (C(OH)–C–C–N with tert-alkyl or cyclic N) is 1. The number of fused-ring (bicyclic) bond motifs is 1. The molecule has 3 aromatic carbocycles. The first-order valence-corrected chi connectivity index (χ1v) is 13.5. The number of nitrogens with zero attached hydrogens (tertiary/aromatic N) is 1. The van der Waals surface area contributed by atoms with Gasteiger partial charge in [-0.25, -0.2) is 8.42 Å². The molecule has 4 rings (SSSR count). The number of ether oxygens (including phenoxy) is 2. The van der Waals surface area contributed by atoms with Crippen LogP contribution in [-0.2, 0) is 16.3 Å². The lowest BCUT2D eigenvalue weighted by Gasteiger charge is -2.28. The molecule has 8 nitrogen and oxygen atoms in total. The summed E-state index contributed by atoms with van der Waals surface area (Å²) in [5, 5.41) is 21.7. The van der Waals surface area contributed by atoms with E-state index in [2.05, 4.69) is 29.4 Å². The van der Waals surface area contributed by atoms with E-state index in [9.17, 15) is 13.5 Å². The zero-order chi connectivity index (χ0) is 25.8. The Labute approximate surface area is 211 Å². The third-order valence-electron chi connectivity index (χ3n) is 5.75. The van der Waals surface area contributed by atoms with Gasteiger partial charge in [0.25, 0.3) is 0 Å². The zero-order valence-corrected chi connectivity index (χ0v) is 21.4. The predicted molar refractivity (Wildman–Crippen MR) is 139 cm³/mol. The van der Waals surface area contributed by atoms with Crippen LogP contribution < -0.4 is 14.8 Å². The van der Waals surface area contributed by atoms with Gasteiger partial charge < -0.3 is 19.9 Å². The molecule has 0 spiro atoms. The summed E-state index contributed by atoms with van der Waals surface area (Å²) >= 11 is 0. The molecule has 0 aliphatic carbocycles. The number of aliphatic hydroxyl groups is 1. The number of aromatic nitrogens is 2. The number of aromatic amines is 1. The summed E-state index contributed by atoms with van der Waals surface area (Å²) in [6.07, 6.45) is 2.97. The Hall–Kier alpha value is -3.40. The Morgan fingerprint density at radius 1 is 1.03 bits per heavy atom. The maximum absolute atomic E-state index is 11.6. The molecule has 0 aliphatic heterocycles. The Balaban J connectivity index is 1.25. The van der Waals surface area contributed by atoms with Crippen molar-refractivity contribution < 1.29 is 23.0 Å². The standard InChI is InChI=1S/C27H31N3O5S/c1-27(2,28-16-20(31)18-34-26-6-4-5-25-24(26)17-29-30-25)15-19-7-9-21(10-8-19)35-22-11-13-23(14-12-22)36(3,32)33/h4-14,17,20,28,31H,15-16,18H2,1-3H3,(H,29,30). The molecule has 1 unspecified atom stereocenters. The van der Waals surface area contributed by atoms with Crippen molar-refractivity contribution in [2.45, 2.75) is 36.8 Å². The zero-order valence-electron chi connectivity index (χ0n) is 20.6. The quantitative estimate of drug-likeness (QED) is 0.279. The third kappa shape index (κ3) is 6.84. The SMILES string of the molecule is CC(C)(Cc1ccc(Oc2ccc(S(C)(=O)=O)cc2)cc1)NCC(O)COc1cccc2[nH]ncc12. The second-order valence-corrected chi connectivity index (χ2v) is 11.5. The highest BCUT2D eigenvalue weighted by Crippen LogP contribution is 2.25. The lowest BCUT2D eigenvalue weighted by atomic mass is 9.94. The van der Waals surface area contributed by atoms with Gasteiger partial charge in [-0.05, 0) is 74.4 Å². The molecule has 0 bridgehead atoms. The van der Waals surface area contributed by atoms with Gasteiger partial charge in [-0.1, -0.05) is 18.2 Å². The summed E-state index contributed by atoms with van der Waals surface area (Å²) in [4.78, 5) is 0.256. The van der Waals surface area contributed by atoms with E-state index in [1.807, 2.05) is 42.5 Å². The molecule has 0 aliphatic rings. The molecule has 0 saturated heterocycles. The smallest absolute Gasteiger partial charge is 0.175 e. The number of sulfone groups is 1. The van der Waals surface area contributed by atoms with Gasteiger partial charge in [-0.3, -0.25) is 5.10 Å². The Morgan fingerprint density at radius 2 is 1.69 bits per heavy atom. The second-order valence-electron chi connectivity index (χ2n) is 9.48. The van der Waals surface area contributed by atoms with Crippen LogP contribution in [0.4, 0.5) is 0 Å². The van der Waals surface area contributed by atoms with Gasteiger partial charge in [0.2, 0.25) is 0 Å². The fourth-order valence-electron chi connectivity index (χ4n) is 3.85. The van der Waals surface area contributed by atoms with Crippen LogP contribution in [-0.4, -0.2) is 54.8 Å². The number of hydrogen-bond donors (Lipinski definition) is 3. The van der Waals surface area contributed by atoms with Gasteiger partial charge in [0.05, 0.1) is 22.0 Å². The molecule has 0 radical (unpaired) electrons. The van der Waals surface area contributed by atoms with Crippen LogP contribution in [0.2, 0.25) is 0 Å². The Kier molecular flexibility index (Phi) is 7.63. The average Bonchev–Trinajstić information content (AvgIpc) is 3.32. The van der Waals surface area contributed by atoms with E-state index >= 15 is 0 Å². The van der Waals surface area contributed by atoms with Crippen molar-refractivity contribution in [2.24, 2.45) is 0 Å². The van der Waals surface area contributed by atoms with Gasteiger partial charge in [0.15, 0.2) is 9.84 Å². The van der Waals surface area contributed by atoms with Crippen LogP contribution >= 0.6 is 0 Å². The molecule has 36 heavy (non-hydrogen) atoms. The van der Waals surface area contributed by atoms with Gasteiger partial charge >= 0.3 is 0 Å². The summed E-state index contributed by atoms with van der Waals surface area (Å²) in [6.45, 7) is 4.73. The lowest BCUT2D eigenvalue weighted by molar-refractivity contribution is 0.0996. The van der Waals surface area contributed by atoms with E-state index in [0.717, 1.165) is 22.9 Å². The number of hydrogen-bond acceptors (Lipinski definition) is 7. The molecule has 0 fully saturated rings. The highest BCUT2D eigenvalue weighted by molar-refractivity contribution is 7.90. The molecule has 1 heterocycles. The minimum Gasteiger partial charge on any atom is -0.490 e. The summed E-state index contributed by atoms with van der Waals surface area (Å²) in [7, 11) is -3.24. The van der Waals surface area contributed by atoms with Crippen LogP contribution in [0.25, 0.3) is 10.9 Å². The van der Waals surface area contributed by atoms with E-state index in [1.165, 1.54) is 18.4 Å². The van der Waals surface area contributed by atoms with E-state index in [-0.39, 0.29) is 17.0 Å². The van der Waals surface area contributed by atoms with Crippen LogP contribution in [0.3, 0.4) is 0 Å². The lowest BCUT2D eigenvalue weighted by Crippen LogP contribution is -2.46. The number of rotatable bonds is 11. The number of aliphatic hydroxyl groups excluding tert-OH is 1. The number of benzene rings is 3. The van der Waals surface area contributed by atoms with E-state index in [4.69, 9.17) is 9.47 Å². The average molecular weight is 510 g/mol. The largest absolute Gasteiger partial charge is 0.490 e. The first kappa shape index (κ1) is 25.7. The van der Waals surface area contributed by atoms with Crippen molar-refractivity contribution in [3.63, 3.8) is 0 Å². The molecule has 0 saturated carbocycles. The molecular formula is C27H31N3O5S. The molecule has 1 atom stereocenters. The minimum atomic E-state index is -3.24. The molecule has 1 aromatic heterocycles. The van der Waals surface area contributed by atoms with Crippen molar-refractivity contribution >= 4 is 20.7 Å². The highest BCUT2D eigenvalue weighted by Gasteiger charge is 2.20. The maximum atomic E-state index is 11.6. The van der Waals surface area contributed by atoms with Crippen molar-refractivity contribution in [3.05, 3.63) is 78.5 Å². The summed E-state index contributed by atoms with van der Waals surface area (Å²) in [5.74, 6) is 1.92. The van der Waals surface area contributed by atoms with Crippen LogP contribution in [0, 0.1) is 0 Å². The molecule has 9 heteroatoms. The Bertz CT molecular complexity index is 1400. The molecular weight excluding hydrogens is 478 g/mol. The fraction of sp³-hybridized carbons (Fsp3) is 0.296. The molecule has 4 aromatic rings. The fourth-order valence-corrected chi connectivity index (χ4v) is 4.48. The van der Waals surface area contributed by atoms with E-state index in [1.54, 1.807) is 18.3 Å². The van der Waals surface area contributed by atoms with Crippen molar-refractivity contribution in [3.8, 4) is 17.2 Å². The summed E-state index contributed by atoms with van der Waals surface area (Å²) in [5.41, 5.74) is 1.75. The van der Waals surface area contributed by atoms with E-state index < -0.39 is 15.9 Å². The Morgan fingerprint density at radius 3 is 2.36 bits per heavy atom. The van der Waals surface area contributed by atoms with Crippen molar-refractivity contribution in [2.75, 3.05) is 19.4 Å². The summed E-state index contributed by atoms with van der Waals surface area (Å²) < 4.78 is 34.8. The topological polar surface area (TPSA) is 114 Å². The monoisotopic (exact) mass is 509 g/mol. The molecule has 3 N–H and O–H groups in total. The van der Waals surface area contributed by atoms with Gasteiger partial charge in [-0.15, -0.1) is 0 Å². The first-order valence-electron chi connectivity index (χ1n) is 11.6. The van der Waals surface area contributed by atoms with Crippen LogP contribution in [0.15, 0.2) is 77.8 Å². The van der Waals surface area contributed by atoms with Gasteiger partial charge in [0, 0.05) is 18.3 Å². The second kappa shape index (κ2) is 10.7. The number of H-pyrrole nitrogens is 1. The molecule has 0 amide bonds. The third-order valence-corrected chi connectivity index (χ3v) is 6.88. The number of nitrogens with one attached hydrogen (secondary N) is 2. The minimum absolute atomic E-state index is 0.171. The molecule has 190 valence electrons. The first-order chi connectivity index (χ1) is 17.1. The maximum Gasteiger partial charge on any atom is 0.175 e.